The Balaban J connectivity index is 2.60. The zero-order valence-electron chi connectivity index (χ0n) is 12.3. The molecular formula is C16H21N3. The summed E-state index contributed by atoms with van der Waals surface area (Å²) >= 11 is 0. The third-order valence-electron chi connectivity index (χ3n) is 3.17. The van der Waals surface area contributed by atoms with Crippen molar-refractivity contribution in [3.05, 3.63) is 46.9 Å². The Bertz CT molecular complexity index is 587. The SMILES string of the molecule is Cc1cc(C)c(-c2ccnc(C(C)(C)N)n2)c(C)c1. The number of nitrogens with two attached hydrogens (primary N) is 1. The number of aromatic nitrogens is 2. The zero-order chi connectivity index (χ0) is 14.2. The molecule has 0 fully saturated rings. The smallest absolute Gasteiger partial charge is 0.148 e. The molecule has 0 radical (unpaired) electrons. The highest BCUT2D eigenvalue weighted by Crippen LogP contribution is 2.27. The van der Waals surface area contributed by atoms with Gasteiger partial charge in [0.15, 0.2) is 0 Å². The van der Waals surface area contributed by atoms with Gasteiger partial charge >= 0.3 is 0 Å². The van der Waals surface area contributed by atoms with Gasteiger partial charge in [0, 0.05) is 11.8 Å². The van der Waals surface area contributed by atoms with Gasteiger partial charge in [-0.15, -0.1) is 0 Å². The summed E-state index contributed by atoms with van der Waals surface area (Å²) in [5.74, 6) is 0.671. The van der Waals surface area contributed by atoms with E-state index in [-0.39, 0.29) is 0 Å². The summed E-state index contributed by atoms with van der Waals surface area (Å²) < 4.78 is 0. The molecule has 19 heavy (non-hydrogen) atoms. The van der Waals surface area contributed by atoms with Gasteiger partial charge in [0.25, 0.3) is 0 Å². The van der Waals surface area contributed by atoms with E-state index in [4.69, 9.17) is 5.73 Å². The molecule has 0 spiro atoms. The Morgan fingerprint density at radius 2 is 1.63 bits per heavy atom. The molecule has 0 saturated carbocycles. The van der Waals surface area contributed by atoms with Crippen molar-refractivity contribution >= 4 is 0 Å². The first kappa shape index (κ1) is 13.7. The quantitative estimate of drug-likeness (QED) is 0.896. The summed E-state index contributed by atoms with van der Waals surface area (Å²) in [6, 6.07) is 6.30. The molecule has 3 nitrogen and oxygen atoms in total. The fourth-order valence-corrected chi connectivity index (χ4v) is 2.39. The second kappa shape index (κ2) is 4.74. The van der Waals surface area contributed by atoms with Gasteiger partial charge in [-0.05, 0) is 51.8 Å². The van der Waals surface area contributed by atoms with Gasteiger partial charge in [0.1, 0.15) is 5.82 Å². The molecule has 2 aromatic rings. The number of aryl methyl sites for hydroxylation is 3. The van der Waals surface area contributed by atoms with Crippen LogP contribution in [0.15, 0.2) is 24.4 Å². The molecule has 2 rings (SSSR count). The van der Waals surface area contributed by atoms with Crippen LogP contribution in [0.1, 0.15) is 36.4 Å². The normalized spacial score (nSPS) is 11.7. The Labute approximate surface area is 114 Å². The zero-order valence-corrected chi connectivity index (χ0v) is 12.3. The van der Waals surface area contributed by atoms with Gasteiger partial charge in [0.2, 0.25) is 0 Å². The van der Waals surface area contributed by atoms with Crippen molar-refractivity contribution in [3.63, 3.8) is 0 Å². The molecular weight excluding hydrogens is 234 g/mol. The summed E-state index contributed by atoms with van der Waals surface area (Å²) in [6.45, 7) is 10.2. The summed E-state index contributed by atoms with van der Waals surface area (Å²) in [5.41, 5.74) is 11.4. The Morgan fingerprint density at radius 1 is 1.05 bits per heavy atom. The molecule has 3 heteroatoms. The lowest BCUT2D eigenvalue weighted by Crippen LogP contribution is -2.31. The molecule has 0 bridgehead atoms. The van der Waals surface area contributed by atoms with E-state index in [9.17, 15) is 0 Å². The van der Waals surface area contributed by atoms with Crippen molar-refractivity contribution in [1.29, 1.82) is 0 Å². The first-order valence-corrected chi connectivity index (χ1v) is 6.49. The van der Waals surface area contributed by atoms with Crippen molar-refractivity contribution in [2.75, 3.05) is 0 Å². The van der Waals surface area contributed by atoms with Crippen LogP contribution in [0.5, 0.6) is 0 Å². The van der Waals surface area contributed by atoms with Crippen molar-refractivity contribution in [1.82, 2.24) is 9.97 Å². The lowest BCUT2D eigenvalue weighted by Gasteiger charge is -2.18. The predicted molar refractivity (Wildman–Crippen MR) is 78.9 cm³/mol. The van der Waals surface area contributed by atoms with Gasteiger partial charge in [-0.2, -0.15) is 0 Å². The van der Waals surface area contributed by atoms with Crippen LogP contribution in [-0.4, -0.2) is 9.97 Å². The van der Waals surface area contributed by atoms with E-state index in [1.807, 2.05) is 19.9 Å². The molecule has 2 N–H and O–H groups in total. The van der Waals surface area contributed by atoms with E-state index < -0.39 is 5.54 Å². The second-order valence-electron chi connectivity index (χ2n) is 5.76. The van der Waals surface area contributed by atoms with Crippen LogP contribution in [0.4, 0.5) is 0 Å². The van der Waals surface area contributed by atoms with E-state index in [2.05, 4.69) is 42.9 Å². The highest BCUT2D eigenvalue weighted by Gasteiger charge is 2.19. The molecule has 0 aliphatic carbocycles. The molecule has 100 valence electrons. The Morgan fingerprint density at radius 3 is 2.16 bits per heavy atom. The summed E-state index contributed by atoms with van der Waals surface area (Å²) in [4.78, 5) is 8.91. The van der Waals surface area contributed by atoms with E-state index in [0.29, 0.717) is 5.82 Å². The van der Waals surface area contributed by atoms with Gasteiger partial charge in [0.05, 0.1) is 11.2 Å². The fraction of sp³-hybridized carbons (Fsp3) is 0.375. The monoisotopic (exact) mass is 255 g/mol. The summed E-state index contributed by atoms with van der Waals surface area (Å²) in [7, 11) is 0. The van der Waals surface area contributed by atoms with Gasteiger partial charge in [-0.3, -0.25) is 0 Å². The molecule has 0 saturated heterocycles. The van der Waals surface area contributed by atoms with E-state index in [1.165, 1.54) is 22.3 Å². The minimum absolute atomic E-state index is 0.525. The maximum absolute atomic E-state index is 6.08. The average molecular weight is 255 g/mol. The second-order valence-corrected chi connectivity index (χ2v) is 5.76. The first-order chi connectivity index (χ1) is 8.79. The molecule has 0 amide bonds. The van der Waals surface area contributed by atoms with Crippen molar-refractivity contribution in [3.8, 4) is 11.3 Å². The van der Waals surface area contributed by atoms with Crippen molar-refractivity contribution < 1.29 is 0 Å². The van der Waals surface area contributed by atoms with Crippen LogP contribution in [0, 0.1) is 20.8 Å². The summed E-state index contributed by atoms with van der Waals surface area (Å²) in [5, 5.41) is 0. The lowest BCUT2D eigenvalue weighted by atomic mass is 9.97. The van der Waals surface area contributed by atoms with Crippen LogP contribution in [0.3, 0.4) is 0 Å². The predicted octanol–water partition coefficient (Wildman–Crippen LogP) is 3.26. The van der Waals surface area contributed by atoms with Crippen molar-refractivity contribution in [2.45, 2.75) is 40.2 Å². The average Bonchev–Trinajstić information content (AvgIpc) is 2.26. The Hall–Kier alpha value is -1.74. The van der Waals surface area contributed by atoms with Crippen LogP contribution in [0.2, 0.25) is 0 Å². The van der Waals surface area contributed by atoms with Gasteiger partial charge < -0.3 is 5.73 Å². The van der Waals surface area contributed by atoms with Crippen molar-refractivity contribution in [2.24, 2.45) is 5.73 Å². The van der Waals surface area contributed by atoms with E-state index >= 15 is 0 Å². The first-order valence-electron chi connectivity index (χ1n) is 6.49. The molecule has 0 atom stereocenters. The third kappa shape index (κ3) is 2.82. The number of rotatable bonds is 2. The van der Waals surface area contributed by atoms with E-state index in [0.717, 1.165) is 5.69 Å². The van der Waals surface area contributed by atoms with Crippen LogP contribution in [-0.2, 0) is 5.54 Å². The maximum Gasteiger partial charge on any atom is 0.148 e. The topological polar surface area (TPSA) is 51.8 Å². The van der Waals surface area contributed by atoms with E-state index in [1.54, 1.807) is 6.20 Å². The molecule has 0 aliphatic heterocycles. The van der Waals surface area contributed by atoms with Crippen LogP contribution < -0.4 is 5.73 Å². The van der Waals surface area contributed by atoms with Gasteiger partial charge in [-0.1, -0.05) is 17.7 Å². The number of benzene rings is 1. The molecule has 0 unspecified atom stereocenters. The highest BCUT2D eigenvalue weighted by atomic mass is 14.9. The molecule has 1 aromatic heterocycles. The van der Waals surface area contributed by atoms with Gasteiger partial charge in [-0.25, -0.2) is 9.97 Å². The standard InChI is InChI=1S/C16H21N3/c1-10-8-11(2)14(12(3)9-10)13-6-7-18-15(19-13)16(4,5)17/h6-9H,17H2,1-5H3. The largest absolute Gasteiger partial charge is 0.319 e. The number of nitrogens with zero attached hydrogens (tertiary/aromatic N) is 2. The Kier molecular flexibility index (Phi) is 3.42. The number of hydrogen-bond acceptors (Lipinski definition) is 3. The minimum atomic E-state index is -0.525. The molecule has 1 aromatic carbocycles. The fourth-order valence-electron chi connectivity index (χ4n) is 2.39. The minimum Gasteiger partial charge on any atom is -0.319 e. The molecule has 1 heterocycles. The highest BCUT2D eigenvalue weighted by molar-refractivity contribution is 5.68. The van der Waals surface area contributed by atoms with Crippen LogP contribution >= 0.6 is 0 Å². The lowest BCUT2D eigenvalue weighted by molar-refractivity contribution is 0.514. The third-order valence-corrected chi connectivity index (χ3v) is 3.17. The van der Waals surface area contributed by atoms with Crippen LogP contribution in [0.25, 0.3) is 11.3 Å². The maximum atomic E-state index is 6.08. The number of hydrogen-bond donors (Lipinski definition) is 1. The summed E-state index contributed by atoms with van der Waals surface area (Å²) in [6.07, 6.45) is 1.78. The molecule has 0 aliphatic rings.